The molecule has 2 amide bonds. The van der Waals surface area contributed by atoms with Crippen LogP contribution in [0.2, 0.25) is 0 Å². The molecule has 0 spiro atoms. The number of amides is 2. The van der Waals surface area contributed by atoms with Gasteiger partial charge in [0, 0.05) is 29.7 Å². The molecule has 144 valence electrons. The Morgan fingerprint density at radius 3 is 2.70 bits per heavy atom. The van der Waals surface area contributed by atoms with E-state index in [1.165, 1.54) is 4.88 Å². The molecule has 7 heteroatoms. The van der Waals surface area contributed by atoms with Gasteiger partial charge in [0.1, 0.15) is 5.75 Å². The van der Waals surface area contributed by atoms with E-state index in [9.17, 15) is 9.59 Å². The number of hydrogen-bond donors (Lipinski definition) is 2. The van der Waals surface area contributed by atoms with Crippen molar-refractivity contribution in [1.82, 2.24) is 10.2 Å². The molecule has 0 aliphatic carbocycles. The first kappa shape index (κ1) is 19.4. The summed E-state index contributed by atoms with van der Waals surface area (Å²) in [7, 11) is 1.55. The average molecular weight is 388 g/mol. The molecule has 1 aromatic carbocycles. The highest BCUT2D eigenvalue weighted by atomic mass is 32.1. The van der Waals surface area contributed by atoms with E-state index in [-0.39, 0.29) is 0 Å². The molecule has 1 aliphatic rings. The highest BCUT2D eigenvalue weighted by Gasteiger charge is 2.21. The van der Waals surface area contributed by atoms with Gasteiger partial charge in [-0.1, -0.05) is 12.1 Å². The second kappa shape index (κ2) is 9.53. The molecule has 0 atom stereocenters. The third-order valence-corrected chi connectivity index (χ3v) is 5.82. The van der Waals surface area contributed by atoms with Gasteiger partial charge in [0.05, 0.1) is 7.11 Å². The number of nitrogens with zero attached hydrogens (tertiary/aromatic N) is 1. The van der Waals surface area contributed by atoms with Gasteiger partial charge in [0.25, 0.3) is 0 Å². The summed E-state index contributed by atoms with van der Waals surface area (Å²) in [5.41, 5.74) is 0.533. The van der Waals surface area contributed by atoms with Crippen molar-refractivity contribution in [2.75, 3.05) is 38.6 Å². The van der Waals surface area contributed by atoms with Crippen molar-refractivity contribution in [2.45, 2.75) is 18.8 Å². The molecule has 0 unspecified atom stereocenters. The third kappa shape index (κ3) is 5.55. The molecule has 1 saturated heterocycles. The van der Waals surface area contributed by atoms with E-state index >= 15 is 0 Å². The number of likely N-dealkylation sites (tertiary alicyclic amines) is 1. The Morgan fingerprint density at radius 2 is 2.00 bits per heavy atom. The third-order valence-electron chi connectivity index (χ3n) is 4.78. The number of piperidine rings is 1. The molecular formula is C20H25N3O3S. The Hall–Kier alpha value is -2.38. The highest BCUT2D eigenvalue weighted by Crippen LogP contribution is 2.30. The van der Waals surface area contributed by atoms with Gasteiger partial charge in [0.2, 0.25) is 0 Å². The van der Waals surface area contributed by atoms with Crippen molar-refractivity contribution in [3.05, 3.63) is 46.7 Å². The molecule has 2 N–H and O–H groups in total. The number of carbonyl (C=O) groups is 2. The minimum Gasteiger partial charge on any atom is -0.497 e. The minimum atomic E-state index is -0.667. The summed E-state index contributed by atoms with van der Waals surface area (Å²) in [6.07, 6.45) is 2.29. The average Bonchev–Trinajstić information content (AvgIpc) is 3.23. The first-order chi connectivity index (χ1) is 13.2. The van der Waals surface area contributed by atoms with Gasteiger partial charge in [-0.25, -0.2) is 0 Å². The molecule has 27 heavy (non-hydrogen) atoms. The summed E-state index contributed by atoms with van der Waals surface area (Å²) in [5.74, 6) is -0.00501. The van der Waals surface area contributed by atoms with Gasteiger partial charge in [-0.15, -0.1) is 11.3 Å². The topological polar surface area (TPSA) is 70.7 Å². The van der Waals surface area contributed by atoms with Crippen LogP contribution in [0.5, 0.6) is 5.75 Å². The Morgan fingerprint density at radius 1 is 1.19 bits per heavy atom. The predicted molar refractivity (Wildman–Crippen MR) is 107 cm³/mol. The zero-order valence-electron chi connectivity index (χ0n) is 15.4. The van der Waals surface area contributed by atoms with Crippen molar-refractivity contribution in [1.29, 1.82) is 0 Å². The number of methoxy groups -OCH3 is 1. The first-order valence-electron chi connectivity index (χ1n) is 9.14. The predicted octanol–water partition coefficient (Wildman–Crippen LogP) is 2.69. The van der Waals surface area contributed by atoms with Gasteiger partial charge in [-0.3, -0.25) is 9.59 Å². The SMILES string of the molecule is COc1cccc(NC(=O)C(=O)NCCN2CCC(c3cccs3)CC2)c1. The van der Waals surface area contributed by atoms with Crippen molar-refractivity contribution in [2.24, 2.45) is 0 Å². The lowest BCUT2D eigenvalue weighted by molar-refractivity contribution is -0.136. The lowest BCUT2D eigenvalue weighted by Gasteiger charge is -2.31. The van der Waals surface area contributed by atoms with Crippen LogP contribution in [0.15, 0.2) is 41.8 Å². The van der Waals surface area contributed by atoms with Gasteiger partial charge in [-0.05, 0) is 55.4 Å². The fraction of sp³-hybridized carbons (Fsp3) is 0.400. The molecule has 3 rings (SSSR count). The largest absolute Gasteiger partial charge is 0.497 e. The van der Waals surface area contributed by atoms with Crippen LogP contribution in [-0.4, -0.2) is 50.0 Å². The summed E-state index contributed by atoms with van der Waals surface area (Å²) in [5, 5.41) is 7.41. The maximum atomic E-state index is 12.0. The second-order valence-electron chi connectivity index (χ2n) is 6.57. The molecule has 0 bridgehead atoms. The molecule has 0 saturated carbocycles. The minimum absolute atomic E-state index is 0.466. The highest BCUT2D eigenvalue weighted by molar-refractivity contribution is 7.10. The summed E-state index contributed by atoms with van der Waals surface area (Å²) >= 11 is 1.83. The molecule has 1 aromatic heterocycles. The van der Waals surface area contributed by atoms with Gasteiger partial charge >= 0.3 is 11.8 Å². The number of carbonyl (C=O) groups excluding carboxylic acids is 2. The number of thiophene rings is 1. The van der Waals surface area contributed by atoms with Gasteiger partial charge in [0.15, 0.2) is 0 Å². The van der Waals surface area contributed by atoms with Crippen LogP contribution in [0.4, 0.5) is 5.69 Å². The fourth-order valence-electron chi connectivity index (χ4n) is 3.26. The normalized spacial score (nSPS) is 15.3. The zero-order chi connectivity index (χ0) is 19.1. The number of ether oxygens (including phenoxy) is 1. The summed E-state index contributed by atoms with van der Waals surface area (Å²) in [4.78, 5) is 27.8. The Balaban J connectivity index is 1.36. The summed E-state index contributed by atoms with van der Waals surface area (Å²) < 4.78 is 5.10. The zero-order valence-corrected chi connectivity index (χ0v) is 16.3. The van der Waals surface area contributed by atoms with E-state index in [4.69, 9.17) is 4.74 Å². The molecule has 6 nitrogen and oxygen atoms in total. The molecule has 0 radical (unpaired) electrons. The number of nitrogens with one attached hydrogen (secondary N) is 2. The van der Waals surface area contributed by atoms with E-state index in [1.807, 2.05) is 11.3 Å². The van der Waals surface area contributed by atoms with E-state index < -0.39 is 11.8 Å². The van der Waals surface area contributed by atoms with E-state index in [0.29, 0.717) is 23.9 Å². The number of anilines is 1. The Labute approximate surface area is 163 Å². The van der Waals surface area contributed by atoms with Gasteiger partial charge < -0.3 is 20.3 Å². The van der Waals surface area contributed by atoms with Crippen LogP contribution in [0.25, 0.3) is 0 Å². The van der Waals surface area contributed by atoms with Crippen LogP contribution in [0.1, 0.15) is 23.6 Å². The molecule has 2 heterocycles. The smallest absolute Gasteiger partial charge is 0.313 e. The number of hydrogen-bond acceptors (Lipinski definition) is 5. The van der Waals surface area contributed by atoms with Crippen LogP contribution >= 0.6 is 11.3 Å². The lowest BCUT2D eigenvalue weighted by Crippen LogP contribution is -2.42. The lowest BCUT2D eigenvalue weighted by atomic mass is 9.95. The molecule has 1 aliphatic heterocycles. The first-order valence-corrected chi connectivity index (χ1v) is 10.0. The monoisotopic (exact) mass is 387 g/mol. The van der Waals surface area contributed by atoms with E-state index in [0.717, 1.165) is 32.5 Å². The van der Waals surface area contributed by atoms with Crippen LogP contribution < -0.4 is 15.4 Å². The van der Waals surface area contributed by atoms with Crippen LogP contribution in [-0.2, 0) is 9.59 Å². The van der Waals surface area contributed by atoms with Crippen LogP contribution in [0, 0.1) is 0 Å². The second-order valence-corrected chi connectivity index (χ2v) is 7.55. The quantitative estimate of drug-likeness (QED) is 0.748. The van der Waals surface area contributed by atoms with Gasteiger partial charge in [-0.2, -0.15) is 0 Å². The maximum absolute atomic E-state index is 12.0. The molecule has 1 fully saturated rings. The van der Waals surface area contributed by atoms with Crippen molar-refractivity contribution in [3.63, 3.8) is 0 Å². The molecule has 2 aromatic rings. The van der Waals surface area contributed by atoms with Crippen molar-refractivity contribution >= 4 is 28.8 Å². The number of benzene rings is 1. The fourth-order valence-corrected chi connectivity index (χ4v) is 4.16. The van der Waals surface area contributed by atoms with Crippen molar-refractivity contribution < 1.29 is 14.3 Å². The standard InChI is InChI=1S/C20H25N3O3S/c1-26-17-5-2-4-16(14-17)22-20(25)19(24)21-9-12-23-10-7-15(8-11-23)18-6-3-13-27-18/h2-6,13-15H,7-12H2,1H3,(H,21,24)(H,22,25). The maximum Gasteiger partial charge on any atom is 0.313 e. The Bertz CT molecular complexity index is 756. The van der Waals surface area contributed by atoms with E-state index in [1.54, 1.807) is 31.4 Å². The Kier molecular flexibility index (Phi) is 6.84. The van der Waals surface area contributed by atoms with E-state index in [2.05, 4.69) is 33.0 Å². The van der Waals surface area contributed by atoms with Crippen molar-refractivity contribution in [3.8, 4) is 5.75 Å². The number of rotatable bonds is 6. The summed E-state index contributed by atoms with van der Waals surface area (Å²) in [6.45, 7) is 3.27. The van der Waals surface area contributed by atoms with Crippen LogP contribution in [0.3, 0.4) is 0 Å². The molecular weight excluding hydrogens is 362 g/mol. The summed E-state index contributed by atoms with van der Waals surface area (Å²) in [6, 6.07) is 11.2.